The molecule has 4 heteroatoms. The topological polar surface area (TPSA) is 30.9 Å². The highest BCUT2D eigenvalue weighted by Gasteiger charge is 2.36. The molecule has 1 rings (SSSR count). The molecule has 0 aliphatic carbocycles. The molecule has 13 heavy (non-hydrogen) atoms. The van der Waals surface area contributed by atoms with Crippen molar-refractivity contribution in [1.82, 2.24) is 4.90 Å². The first-order valence-electron chi connectivity index (χ1n) is 4.61. The lowest BCUT2D eigenvalue weighted by atomic mass is 10.2. The van der Waals surface area contributed by atoms with Gasteiger partial charge >= 0.3 is 0 Å². The van der Waals surface area contributed by atoms with E-state index in [1.165, 1.54) is 0 Å². The Morgan fingerprint density at radius 1 is 1.54 bits per heavy atom. The number of ether oxygens (including phenoxy) is 3. The molecule has 4 nitrogen and oxygen atoms in total. The van der Waals surface area contributed by atoms with Gasteiger partial charge in [0.1, 0.15) is 0 Å². The van der Waals surface area contributed by atoms with E-state index in [1.54, 1.807) is 14.2 Å². The van der Waals surface area contributed by atoms with E-state index in [-0.39, 0.29) is 6.29 Å². The molecule has 0 aromatic rings. The Morgan fingerprint density at radius 3 is 2.69 bits per heavy atom. The fraction of sp³-hybridized carbons (Fsp3) is 1.00. The zero-order chi connectivity index (χ0) is 9.90. The van der Waals surface area contributed by atoms with Gasteiger partial charge in [-0.25, -0.2) is 0 Å². The molecule has 0 radical (unpaired) electrons. The molecule has 2 unspecified atom stereocenters. The van der Waals surface area contributed by atoms with Gasteiger partial charge in [-0.05, 0) is 13.5 Å². The summed E-state index contributed by atoms with van der Waals surface area (Å²) in [5, 5.41) is 0. The Labute approximate surface area is 79.8 Å². The van der Waals surface area contributed by atoms with Crippen LogP contribution in [0, 0.1) is 0 Å². The number of hydrogen-bond acceptors (Lipinski definition) is 4. The van der Waals surface area contributed by atoms with Gasteiger partial charge in [0.15, 0.2) is 12.1 Å². The summed E-state index contributed by atoms with van der Waals surface area (Å²) in [6, 6.07) is 0. The van der Waals surface area contributed by atoms with Crippen molar-refractivity contribution < 1.29 is 14.2 Å². The van der Waals surface area contributed by atoms with E-state index in [1.807, 2.05) is 6.92 Å². The molecule has 1 saturated heterocycles. The van der Waals surface area contributed by atoms with Gasteiger partial charge in [-0.2, -0.15) is 0 Å². The predicted octanol–water partition coefficient (Wildman–Crippen LogP) is 0.674. The second kappa shape index (κ2) is 4.37. The Kier molecular flexibility index (Phi) is 3.67. The molecule has 0 amide bonds. The molecule has 1 fully saturated rings. The van der Waals surface area contributed by atoms with Gasteiger partial charge in [-0.3, -0.25) is 4.90 Å². The van der Waals surface area contributed by atoms with Gasteiger partial charge in [0.2, 0.25) is 0 Å². The lowest BCUT2D eigenvalue weighted by Gasteiger charge is -2.42. The molecule has 78 valence electrons. The minimum atomic E-state index is -0.533. The van der Waals surface area contributed by atoms with Crippen molar-refractivity contribution in [3.63, 3.8) is 0 Å². The minimum Gasteiger partial charge on any atom is -0.354 e. The third kappa shape index (κ3) is 2.64. The Hall–Kier alpha value is -0.160. The van der Waals surface area contributed by atoms with E-state index in [0.29, 0.717) is 0 Å². The van der Waals surface area contributed by atoms with E-state index in [2.05, 4.69) is 11.8 Å². The monoisotopic (exact) mass is 189 g/mol. The van der Waals surface area contributed by atoms with Gasteiger partial charge in [0, 0.05) is 20.8 Å². The van der Waals surface area contributed by atoms with Crippen LogP contribution in [0.2, 0.25) is 0 Å². The fourth-order valence-corrected chi connectivity index (χ4v) is 1.51. The van der Waals surface area contributed by atoms with Crippen LogP contribution in [0.3, 0.4) is 0 Å². The summed E-state index contributed by atoms with van der Waals surface area (Å²) in [5.41, 5.74) is 0. The lowest BCUT2D eigenvalue weighted by Crippen LogP contribution is -2.55. The van der Waals surface area contributed by atoms with Gasteiger partial charge < -0.3 is 14.2 Å². The third-order valence-electron chi connectivity index (χ3n) is 2.44. The molecular weight excluding hydrogens is 170 g/mol. The summed E-state index contributed by atoms with van der Waals surface area (Å²) in [6.07, 6.45) is -0.182. The van der Waals surface area contributed by atoms with Crippen LogP contribution in [0.25, 0.3) is 0 Å². The Bertz CT molecular complexity index is 151. The first-order chi connectivity index (χ1) is 6.13. The highest BCUT2D eigenvalue weighted by Crippen LogP contribution is 2.21. The van der Waals surface area contributed by atoms with Crippen LogP contribution >= 0.6 is 0 Å². The minimum absolute atomic E-state index is 0.182. The van der Waals surface area contributed by atoms with Crippen molar-refractivity contribution >= 4 is 0 Å². The summed E-state index contributed by atoms with van der Waals surface area (Å²) in [4.78, 5) is 2.25. The summed E-state index contributed by atoms with van der Waals surface area (Å²) < 4.78 is 16.1. The summed E-state index contributed by atoms with van der Waals surface area (Å²) in [5.74, 6) is -0.533. The zero-order valence-electron chi connectivity index (χ0n) is 8.87. The molecular formula is C9H19NO3. The smallest absolute Gasteiger partial charge is 0.180 e. The average molecular weight is 189 g/mol. The second-order valence-electron chi connectivity index (χ2n) is 3.45. The zero-order valence-corrected chi connectivity index (χ0v) is 8.87. The molecule has 0 bridgehead atoms. The number of likely N-dealkylation sites (N-methyl/N-ethyl adjacent to an activating group) is 1. The van der Waals surface area contributed by atoms with Crippen LogP contribution in [0.5, 0.6) is 0 Å². The van der Waals surface area contributed by atoms with Crippen molar-refractivity contribution in [1.29, 1.82) is 0 Å². The van der Waals surface area contributed by atoms with Crippen LogP contribution in [0.1, 0.15) is 13.8 Å². The summed E-state index contributed by atoms with van der Waals surface area (Å²) in [7, 11) is 3.31. The highest BCUT2D eigenvalue weighted by molar-refractivity contribution is 4.76. The number of morpholine rings is 1. The van der Waals surface area contributed by atoms with Crippen LogP contribution < -0.4 is 0 Å². The number of rotatable bonds is 3. The maximum absolute atomic E-state index is 5.62. The van der Waals surface area contributed by atoms with Crippen molar-refractivity contribution in [3.05, 3.63) is 0 Å². The Morgan fingerprint density at radius 2 is 2.23 bits per heavy atom. The standard InChI is InChI=1S/C9H19NO3/c1-5-10-6-8(11-3)13-9(2,7-10)12-4/h8H,5-7H2,1-4H3. The van der Waals surface area contributed by atoms with Crippen LogP contribution in [-0.4, -0.2) is 50.8 Å². The molecule has 2 atom stereocenters. The molecule has 0 N–H and O–H groups in total. The molecule has 0 spiro atoms. The predicted molar refractivity (Wildman–Crippen MR) is 49.4 cm³/mol. The van der Waals surface area contributed by atoms with Crippen molar-refractivity contribution in [2.75, 3.05) is 33.9 Å². The number of nitrogens with zero attached hydrogens (tertiary/aromatic N) is 1. The normalized spacial score (nSPS) is 36.5. The number of methoxy groups -OCH3 is 2. The van der Waals surface area contributed by atoms with Crippen LogP contribution in [0.4, 0.5) is 0 Å². The lowest BCUT2D eigenvalue weighted by molar-refractivity contribution is -0.320. The van der Waals surface area contributed by atoms with Crippen LogP contribution in [0.15, 0.2) is 0 Å². The largest absolute Gasteiger partial charge is 0.354 e. The van der Waals surface area contributed by atoms with E-state index in [0.717, 1.165) is 19.6 Å². The van der Waals surface area contributed by atoms with E-state index in [4.69, 9.17) is 14.2 Å². The molecule has 0 aromatic carbocycles. The summed E-state index contributed by atoms with van der Waals surface area (Å²) >= 11 is 0. The second-order valence-corrected chi connectivity index (χ2v) is 3.45. The van der Waals surface area contributed by atoms with Crippen molar-refractivity contribution in [2.24, 2.45) is 0 Å². The van der Waals surface area contributed by atoms with Gasteiger partial charge in [0.05, 0.1) is 6.54 Å². The van der Waals surface area contributed by atoms with Crippen molar-refractivity contribution in [3.8, 4) is 0 Å². The average Bonchev–Trinajstić information content (AvgIpc) is 2.17. The molecule has 1 aliphatic heterocycles. The van der Waals surface area contributed by atoms with Gasteiger partial charge in [0.25, 0.3) is 0 Å². The van der Waals surface area contributed by atoms with Crippen LogP contribution in [-0.2, 0) is 14.2 Å². The van der Waals surface area contributed by atoms with Gasteiger partial charge in [-0.15, -0.1) is 0 Å². The quantitative estimate of drug-likeness (QED) is 0.653. The molecule has 0 saturated carbocycles. The maximum Gasteiger partial charge on any atom is 0.180 e. The molecule has 1 heterocycles. The van der Waals surface area contributed by atoms with E-state index >= 15 is 0 Å². The van der Waals surface area contributed by atoms with Gasteiger partial charge in [-0.1, -0.05) is 6.92 Å². The maximum atomic E-state index is 5.62. The third-order valence-corrected chi connectivity index (χ3v) is 2.44. The highest BCUT2D eigenvalue weighted by atomic mass is 16.8. The van der Waals surface area contributed by atoms with E-state index in [9.17, 15) is 0 Å². The fourth-order valence-electron chi connectivity index (χ4n) is 1.51. The molecule has 0 aromatic heterocycles. The van der Waals surface area contributed by atoms with Crippen molar-refractivity contribution in [2.45, 2.75) is 25.9 Å². The first kappa shape index (κ1) is 10.9. The molecule has 1 aliphatic rings. The summed E-state index contributed by atoms with van der Waals surface area (Å²) in [6.45, 7) is 6.64. The Balaban J connectivity index is 2.59. The van der Waals surface area contributed by atoms with E-state index < -0.39 is 5.79 Å². The number of hydrogen-bond donors (Lipinski definition) is 0. The SMILES string of the molecule is CCN1CC(OC)OC(C)(OC)C1. The first-order valence-corrected chi connectivity index (χ1v) is 4.61.